The molecular formula is C13H21N5O. The molecule has 0 spiro atoms. The van der Waals surface area contributed by atoms with Crippen LogP contribution in [0.25, 0.3) is 0 Å². The van der Waals surface area contributed by atoms with Crippen LogP contribution in [0, 0.1) is 12.8 Å². The number of anilines is 2. The number of hydrogen-bond acceptors (Lipinski definition) is 5. The molecule has 6 heteroatoms. The van der Waals surface area contributed by atoms with Crippen LogP contribution in [0.1, 0.15) is 31.2 Å². The number of rotatable bonds is 3. The van der Waals surface area contributed by atoms with Crippen molar-refractivity contribution in [2.45, 2.75) is 33.1 Å². The van der Waals surface area contributed by atoms with Crippen LogP contribution in [0.2, 0.25) is 0 Å². The van der Waals surface area contributed by atoms with Crippen LogP contribution in [-0.2, 0) is 11.2 Å². The molecular weight excluding hydrogens is 242 g/mol. The normalized spacial score (nSPS) is 16.6. The zero-order chi connectivity index (χ0) is 14.0. The van der Waals surface area contributed by atoms with Crippen LogP contribution in [0.5, 0.6) is 0 Å². The van der Waals surface area contributed by atoms with E-state index in [1.54, 1.807) is 0 Å². The van der Waals surface area contributed by atoms with E-state index >= 15 is 0 Å². The summed E-state index contributed by atoms with van der Waals surface area (Å²) in [4.78, 5) is 22.2. The third kappa shape index (κ3) is 2.77. The highest BCUT2D eigenvalue weighted by Gasteiger charge is 2.25. The van der Waals surface area contributed by atoms with Gasteiger partial charge in [0.05, 0.1) is 0 Å². The molecule has 1 saturated heterocycles. The summed E-state index contributed by atoms with van der Waals surface area (Å²) in [6, 6.07) is 0. The topological polar surface area (TPSA) is 98.1 Å². The Balaban J connectivity index is 2.19. The van der Waals surface area contributed by atoms with Crippen LogP contribution in [-0.4, -0.2) is 29.0 Å². The molecule has 1 aliphatic heterocycles. The van der Waals surface area contributed by atoms with Crippen molar-refractivity contribution in [3.8, 4) is 0 Å². The molecule has 0 radical (unpaired) electrons. The smallest absolute Gasteiger partial charge is 0.220 e. The Morgan fingerprint density at radius 3 is 2.53 bits per heavy atom. The van der Waals surface area contributed by atoms with Crippen molar-refractivity contribution in [2.75, 3.05) is 23.7 Å². The van der Waals surface area contributed by atoms with Gasteiger partial charge >= 0.3 is 0 Å². The highest BCUT2D eigenvalue weighted by molar-refractivity contribution is 5.77. The molecule has 4 N–H and O–H groups in total. The van der Waals surface area contributed by atoms with Crippen LogP contribution >= 0.6 is 0 Å². The first-order valence-corrected chi connectivity index (χ1v) is 6.70. The summed E-state index contributed by atoms with van der Waals surface area (Å²) in [5.41, 5.74) is 12.2. The number of nitrogen functional groups attached to an aromatic ring is 1. The van der Waals surface area contributed by atoms with Gasteiger partial charge in [-0.1, -0.05) is 6.92 Å². The Morgan fingerprint density at radius 1 is 1.37 bits per heavy atom. The van der Waals surface area contributed by atoms with Gasteiger partial charge in [0.25, 0.3) is 0 Å². The van der Waals surface area contributed by atoms with Crippen molar-refractivity contribution >= 4 is 17.5 Å². The standard InChI is InChI=1S/C13H21N5O/c1-3-10-16-11(14)8(2)13(17-10)18-6-4-9(5-7-18)12(15)19/h9H,3-7H2,1-2H3,(H2,15,19)(H2,14,16,17). The van der Waals surface area contributed by atoms with Crippen LogP contribution in [0.3, 0.4) is 0 Å². The lowest BCUT2D eigenvalue weighted by molar-refractivity contribution is -0.122. The minimum absolute atomic E-state index is 0.0126. The summed E-state index contributed by atoms with van der Waals surface area (Å²) in [5, 5.41) is 0. The second-order valence-corrected chi connectivity index (χ2v) is 4.99. The summed E-state index contributed by atoms with van der Waals surface area (Å²) < 4.78 is 0. The maximum atomic E-state index is 11.2. The van der Waals surface area contributed by atoms with E-state index in [1.807, 2.05) is 13.8 Å². The predicted molar refractivity (Wildman–Crippen MR) is 74.7 cm³/mol. The lowest BCUT2D eigenvalue weighted by Gasteiger charge is -2.32. The molecule has 1 amide bonds. The summed E-state index contributed by atoms with van der Waals surface area (Å²) >= 11 is 0. The van der Waals surface area contributed by atoms with E-state index < -0.39 is 0 Å². The Kier molecular flexibility index (Phi) is 3.87. The molecule has 0 bridgehead atoms. The number of aryl methyl sites for hydroxylation is 1. The van der Waals surface area contributed by atoms with Gasteiger partial charge < -0.3 is 16.4 Å². The van der Waals surface area contributed by atoms with Gasteiger partial charge in [-0.05, 0) is 19.8 Å². The largest absolute Gasteiger partial charge is 0.383 e. The predicted octanol–water partition coefficient (Wildman–Crippen LogP) is 0.631. The number of amides is 1. The quantitative estimate of drug-likeness (QED) is 0.833. The van der Waals surface area contributed by atoms with E-state index in [4.69, 9.17) is 11.5 Å². The van der Waals surface area contributed by atoms with Gasteiger partial charge in [0, 0.05) is 31.0 Å². The fraction of sp³-hybridized carbons (Fsp3) is 0.615. The highest BCUT2D eigenvalue weighted by Crippen LogP contribution is 2.26. The SMILES string of the molecule is CCc1nc(N)c(C)c(N2CCC(C(N)=O)CC2)n1. The second kappa shape index (κ2) is 5.42. The zero-order valence-corrected chi connectivity index (χ0v) is 11.5. The average Bonchev–Trinajstić information content (AvgIpc) is 2.41. The Hall–Kier alpha value is -1.85. The first-order chi connectivity index (χ1) is 9.02. The molecule has 2 rings (SSSR count). The zero-order valence-electron chi connectivity index (χ0n) is 11.5. The molecule has 1 aromatic heterocycles. The van der Waals surface area contributed by atoms with Crippen molar-refractivity contribution in [3.63, 3.8) is 0 Å². The van der Waals surface area contributed by atoms with E-state index in [0.29, 0.717) is 5.82 Å². The molecule has 0 aromatic carbocycles. The van der Waals surface area contributed by atoms with Crippen molar-refractivity contribution in [3.05, 3.63) is 11.4 Å². The van der Waals surface area contributed by atoms with Gasteiger partial charge in [0.15, 0.2) is 0 Å². The molecule has 0 atom stereocenters. The van der Waals surface area contributed by atoms with Crippen LogP contribution in [0.4, 0.5) is 11.6 Å². The van der Waals surface area contributed by atoms with E-state index in [9.17, 15) is 4.79 Å². The maximum absolute atomic E-state index is 11.2. The van der Waals surface area contributed by atoms with Crippen molar-refractivity contribution in [1.82, 2.24) is 9.97 Å². The second-order valence-electron chi connectivity index (χ2n) is 4.99. The average molecular weight is 263 g/mol. The molecule has 0 aliphatic carbocycles. The third-order valence-electron chi connectivity index (χ3n) is 3.72. The lowest BCUT2D eigenvalue weighted by atomic mass is 9.96. The molecule has 2 heterocycles. The van der Waals surface area contributed by atoms with Crippen molar-refractivity contribution in [2.24, 2.45) is 11.7 Å². The van der Waals surface area contributed by atoms with Gasteiger partial charge in [-0.15, -0.1) is 0 Å². The molecule has 0 unspecified atom stereocenters. The number of primary amides is 1. The third-order valence-corrected chi connectivity index (χ3v) is 3.72. The first kappa shape index (κ1) is 13.6. The van der Waals surface area contributed by atoms with Gasteiger partial charge in [-0.25, -0.2) is 9.97 Å². The van der Waals surface area contributed by atoms with E-state index in [1.165, 1.54) is 0 Å². The Labute approximate surface area is 113 Å². The van der Waals surface area contributed by atoms with Gasteiger partial charge in [0.2, 0.25) is 5.91 Å². The number of carbonyl (C=O) groups excluding carboxylic acids is 1. The minimum atomic E-state index is -0.201. The fourth-order valence-corrected chi connectivity index (χ4v) is 2.41. The number of carbonyl (C=O) groups is 1. The van der Waals surface area contributed by atoms with Gasteiger partial charge in [0.1, 0.15) is 17.5 Å². The monoisotopic (exact) mass is 263 g/mol. The Morgan fingerprint density at radius 2 is 2.00 bits per heavy atom. The number of piperidine rings is 1. The van der Waals surface area contributed by atoms with Crippen LogP contribution < -0.4 is 16.4 Å². The lowest BCUT2D eigenvalue weighted by Crippen LogP contribution is -2.39. The number of nitrogens with two attached hydrogens (primary N) is 2. The highest BCUT2D eigenvalue weighted by atomic mass is 16.1. The first-order valence-electron chi connectivity index (χ1n) is 6.70. The molecule has 6 nitrogen and oxygen atoms in total. The van der Waals surface area contributed by atoms with Crippen LogP contribution in [0.15, 0.2) is 0 Å². The molecule has 0 saturated carbocycles. The Bertz CT molecular complexity index is 480. The number of nitrogens with zero attached hydrogens (tertiary/aromatic N) is 3. The molecule has 1 fully saturated rings. The summed E-state index contributed by atoms with van der Waals surface area (Å²) in [7, 11) is 0. The van der Waals surface area contributed by atoms with Crippen molar-refractivity contribution in [1.29, 1.82) is 0 Å². The maximum Gasteiger partial charge on any atom is 0.220 e. The van der Waals surface area contributed by atoms with E-state index in [-0.39, 0.29) is 11.8 Å². The summed E-state index contributed by atoms with van der Waals surface area (Å²) in [6.45, 7) is 5.51. The van der Waals surface area contributed by atoms with E-state index in [2.05, 4.69) is 14.9 Å². The molecule has 104 valence electrons. The fourth-order valence-electron chi connectivity index (χ4n) is 2.41. The molecule has 1 aliphatic rings. The van der Waals surface area contributed by atoms with Gasteiger partial charge in [-0.3, -0.25) is 4.79 Å². The van der Waals surface area contributed by atoms with Gasteiger partial charge in [-0.2, -0.15) is 0 Å². The number of hydrogen-bond donors (Lipinski definition) is 2. The van der Waals surface area contributed by atoms with Crippen molar-refractivity contribution < 1.29 is 4.79 Å². The summed E-state index contributed by atoms with van der Waals surface area (Å²) in [6.07, 6.45) is 2.31. The molecule has 1 aromatic rings. The summed E-state index contributed by atoms with van der Waals surface area (Å²) in [5.74, 6) is 1.98. The van der Waals surface area contributed by atoms with E-state index in [0.717, 1.165) is 49.6 Å². The number of aromatic nitrogens is 2. The molecule has 19 heavy (non-hydrogen) atoms. The minimum Gasteiger partial charge on any atom is -0.383 e.